The Hall–Kier alpha value is -3.44. The number of allylic oxidation sites excluding steroid dienone is 1. The first kappa shape index (κ1) is 27.6. The van der Waals surface area contributed by atoms with E-state index in [1.807, 2.05) is 62.1 Å². The lowest BCUT2D eigenvalue weighted by Crippen LogP contribution is -2.35. The molecule has 1 aliphatic heterocycles. The zero-order chi connectivity index (χ0) is 27.4. The Morgan fingerprint density at radius 3 is 2.37 bits per heavy atom. The minimum atomic E-state index is -4.27. The van der Waals surface area contributed by atoms with Crippen LogP contribution in [0.5, 0.6) is 0 Å². The first-order valence-electron chi connectivity index (χ1n) is 11.6. The van der Waals surface area contributed by atoms with Gasteiger partial charge in [-0.05, 0) is 37.3 Å². The average molecular weight is 566 g/mol. The molecule has 0 atom stereocenters. The van der Waals surface area contributed by atoms with Crippen LogP contribution in [0.15, 0.2) is 100 Å². The van der Waals surface area contributed by atoms with Crippen molar-refractivity contribution in [1.82, 2.24) is 4.57 Å². The molecule has 0 bridgehead atoms. The van der Waals surface area contributed by atoms with E-state index in [2.05, 4.69) is 29.7 Å². The van der Waals surface area contributed by atoms with Crippen molar-refractivity contribution >= 4 is 50.0 Å². The van der Waals surface area contributed by atoms with Crippen LogP contribution in [0.1, 0.15) is 11.3 Å². The predicted octanol–water partition coefficient (Wildman–Crippen LogP) is 2.96. The Kier molecular flexibility index (Phi) is 8.37. The molecule has 0 aliphatic carbocycles. The van der Waals surface area contributed by atoms with Crippen molar-refractivity contribution in [1.29, 1.82) is 0 Å². The molecule has 0 spiro atoms. The molecule has 0 N–H and O–H groups in total. The van der Waals surface area contributed by atoms with E-state index in [0.717, 1.165) is 31.2 Å². The van der Waals surface area contributed by atoms with Crippen molar-refractivity contribution in [2.75, 3.05) is 11.9 Å². The van der Waals surface area contributed by atoms with Gasteiger partial charge in [-0.2, -0.15) is 0 Å². The summed E-state index contributed by atoms with van der Waals surface area (Å²) in [5.74, 6) is 0. The second-order valence-corrected chi connectivity index (χ2v) is 12.0. The Morgan fingerprint density at radius 1 is 1.05 bits per heavy atom. The number of hydrogen-bond donors (Lipinski definition) is 0. The van der Waals surface area contributed by atoms with Gasteiger partial charge in [0.25, 0.3) is 5.56 Å². The predicted molar refractivity (Wildman–Crippen MR) is 152 cm³/mol. The Morgan fingerprint density at radius 2 is 1.74 bits per heavy atom. The highest BCUT2D eigenvalue weighted by Gasteiger charge is 2.24. The van der Waals surface area contributed by atoms with Crippen molar-refractivity contribution in [3.05, 3.63) is 116 Å². The number of pyridine rings is 1. The number of nitrogens with zero attached hydrogens (tertiary/aromatic N) is 3. The molecule has 1 aliphatic rings. The number of rotatable bonds is 4. The molecule has 0 amide bonds. The molecule has 4 aromatic rings. The van der Waals surface area contributed by atoms with Gasteiger partial charge in [-0.3, -0.25) is 9.36 Å². The summed E-state index contributed by atoms with van der Waals surface area (Å²) in [6.07, 6.45) is 5.83. The Bertz CT molecular complexity index is 1770. The van der Waals surface area contributed by atoms with E-state index in [1.165, 1.54) is 28.4 Å². The number of fused-ring (bicyclic) bond motifs is 1. The van der Waals surface area contributed by atoms with Crippen LogP contribution >= 0.6 is 23.1 Å². The maximum atomic E-state index is 13.2. The van der Waals surface area contributed by atoms with E-state index in [4.69, 9.17) is 0 Å². The van der Waals surface area contributed by atoms with Gasteiger partial charge < -0.3 is 9.45 Å². The number of thioether (sulfide) groups is 1. The molecule has 3 heterocycles. The van der Waals surface area contributed by atoms with Gasteiger partial charge in [0.1, 0.15) is 31.4 Å². The molecule has 196 valence electrons. The number of para-hydroxylation sites is 1. The minimum absolute atomic E-state index is 0.0342. The van der Waals surface area contributed by atoms with Crippen LogP contribution in [0.4, 0.5) is 5.69 Å². The molecule has 0 fully saturated rings. The van der Waals surface area contributed by atoms with Crippen molar-refractivity contribution in [3.8, 4) is 0 Å². The molecule has 0 unspecified atom stereocenters. The standard InChI is InChI=1S/C21H20N3OS2.C7H8O3S/c1-4-12-24-18(14-15-9-7-8-13-22(15)2)27-19(20(24)25)21-23(3)16-10-5-6-11-17(16)26-21;1-6-2-4-7(5-3-6)11(8,9)10/h4-11,13-14H,1,12H2,2-3H3;2-5H,1H3,(H,8,9,10)/q+1;/p-1/b21-19+;. The van der Waals surface area contributed by atoms with Crippen LogP contribution in [-0.4, -0.2) is 24.6 Å². The molecule has 2 aromatic carbocycles. The summed E-state index contributed by atoms with van der Waals surface area (Å²) in [4.78, 5) is 16.3. The fourth-order valence-electron chi connectivity index (χ4n) is 3.79. The zero-order valence-corrected chi connectivity index (χ0v) is 23.6. The first-order chi connectivity index (χ1) is 18.1. The fourth-order valence-corrected chi connectivity index (χ4v) is 6.67. The maximum absolute atomic E-state index is 13.2. The van der Waals surface area contributed by atoms with Gasteiger partial charge in [-0.15, -0.1) is 17.9 Å². The normalized spacial score (nSPS) is 14.6. The molecule has 10 heteroatoms. The highest BCUT2D eigenvalue weighted by molar-refractivity contribution is 8.08. The van der Waals surface area contributed by atoms with Crippen LogP contribution in [-0.2, 0) is 23.7 Å². The highest BCUT2D eigenvalue weighted by Crippen LogP contribution is 2.44. The fraction of sp³-hybridized carbons (Fsp3) is 0.143. The van der Waals surface area contributed by atoms with E-state index in [9.17, 15) is 17.8 Å². The van der Waals surface area contributed by atoms with E-state index in [1.54, 1.807) is 34.5 Å². The summed E-state index contributed by atoms with van der Waals surface area (Å²) < 4.78 is 36.7. The number of aromatic nitrogens is 2. The van der Waals surface area contributed by atoms with E-state index < -0.39 is 10.1 Å². The molecular weight excluding hydrogens is 539 g/mol. The van der Waals surface area contributed by atoms with E-state index >= 15 is 0 Å². The van der Waals surface area contributed by atoms with Gasteiger partial charge >= 0.3 is 0 Å². The van der Waals surface area contributed by atoms with Gasteiger partial charge in [0.15, 0.2) is 6.20 Å². The van der Waals surface area contributed by atoms with Crippen molar-refractivity contribution in [2.45, 2.75) is 23.3 Å². The topological polar surface area (TPSA) is 86.3 Å². The Labute approximate surface area is 230 Å². The lowest BCUT2D eigenvalue weighted by molar-refractivity contribution is -0.673. The monoisotopic (exact) mass is 565 g/mol. The number of anilines is 1. The quantitative estimate of drug-likeness (QED) is 0.215. The molecule has 0 saturated carbocycles. The van der Waals surface area contributed by atoms with Gasteiger partial charge in [-0.1, -0.05) is 47.7 Å². The van der Waals surface area contributed by atoms with Crippen molar-refractivity contribution in [3.63, 3.8) is 0 Å². The van der Waals surface area contributed by atoms with Crippen LogP contribution in [0.3, 0.4) is 0 Å². The second-order valence-electron chi connectivity index (χ2n) is 8.56. The number of aryl methyl sites for hydroxylation is 2. The summed E-state index contributed by atoms with van der Waals surface area (Å²) in [5.41, 5.74) is 3.15. The molecule has 38 heavy (non-hydrogen) atoms. The lowest BCUT2D eigenvalue weighted by Gasteiger charge is -2.11. The molecule has 7 nitrogen and oxygen atoms in total. The first-order valence-corrected chi connectivity index (χ1v) is 14.7. The molecule has 0 radical (unpaired) electrons. The number of benzene rings is 2. The van der Waals surface area contributed by atoms with Crippen LogP contribution < -0.4 is 24.2 Å². The number of thiazole rings is 1. The molecular formula is C28H27N3O4S3. The summed E-state index contributed by atoms with van der Waals surface area (Å²) in [6, 6.07) is 20.1. The van der Waals surface area contributed by atoms with Crippen molar-refractivity contribution < 1.29 is 17.5 Å². The number of hydrogen-bond acceptors (Lipinski definition) is 7. The van der Waals surface area contributed by atoms with Crippen LogP contribution in [0.2, 0.25) is 0 Å². The van der Waals surface area contributed by atoms with Gasteiger partial charge in [0.2, 0.25) is 5.69 Å². The van der Waals surface area contributed by atoms with Gasteiger partial charge in [-0.25, -0.2) is 13.0 Å². The maximum Gasteiger partial charge on any atom is 0.272 e. The SMILES string of the molecule is C=CCn1c(=O)/c(=C2\Sc3ccccc3N2C)s/c1=C\c1cccc[n+]1C.Cc1ccc(S(=O)(=O)[O-])cc1. The minimum Gasteiger partial charge on any atom is -0.744 e. The smallest absolute Gasteiger partial charge is 0.272 e. The third kappa shape index (κ3) is 5.99. The van der Waals surface area contributed by atoms with E-state index in [-0.39, 0.29) is 10.5 Å². The largest absolute Gasteiger partial charge is 0.744 e. The van der Waals surface area contributed by atoms with Crippen LogP contribution in [0, 0.1) is 6.92 Å². The summed E-state index contributed by atoms with van der Waals surface area (Å²) >= 11 is 3.19. The highest BCUT2D eigenvalue weighted by atomic mass is 32.2. The van der Waals surface area contributed by atoms with Gasteiger partial charge in [0.05, 0.1) is 10.6 Å². The van der Waals surface area contributed by atoms with Crippen molar-refractivity contribution in [2.24, 2.45) is 7.05 Å². The average Bonchev–Trinajstić information content (AvgIpc) is 3.37. The summed E-state index contributed by atoms with van der Waals surface area (Å²) in [6.45, 7) is 6.13. The molecule has 2 aromatic heterocycles. The third-order valence-corrected chi connectivity index (χ3v) is 9.17. The summed E-state index contributed by atoms with van der Waals surface area (Å²) in [5, 5.41) is 0.987. The second kappa shape index (κ2) is 11.5. The third-order valence-electron chi connectivity index (χ3n) is 5.83. The molecule has 0 saturated heterocycles. The van der Waals surface area contributed by atoms with Crippen LogP contribution in [0.25, 0.3) is 11.1 Å². The Balaban J connectivity index is 0.000000257. The lowest BCUT2D eigenvalue weighted by atomic mass is 10.2. The summed E-state index contributed by atoms with van der Waals surface area (Å²) in [7, 11) is -0.248. The van der Waals surface area contributed by atoms with Gasteiger partial charge in [0, 0.05) is 36.7 Å². The molecule has 5 rings (SSSR count). The zero-order valence-electron chi connectivity index (χ0n) is 21.2. The van der Waals surface area contributed by atoms with E-state index in [0.29, 0.717) is 6.54 Å².